The van der Waals surface area contributed by atoms with Gasteiger partial charge in [-0.15, -0.1) is 5.10 Å². The van der Waals surface area contributed by atoms with Crippen molar-refractivity contribution in [1.29, 1.82) is 0 Å². The largest absolute Gasteiger partial charge is 0.381 e. The molecule has 6 nitrogen and oxygen atoms in total. The SMILES string of the molecule is CCc1nc(C(=O)NCC2CCOC2)n[nH]1. The minimum Gasteiger partial charge on any atom is -0.381 e. The van der Waals surface area contributed by atoms with Crippen LogP contribution in [0, 0.1) is 5.92 Å². The number of nitrogens with zero attached hydrogens (tertiary/aromatic N) is 2. The molecule has 6 heteroatoms. The molecule has 1 aromatic rings. The van der Waals surface area contributed by atoms with Crippen molar-refractivity contribution in [1.82, 2.24) is 20.5 Å². The lowest BCUT2D eigenvalue weighted by atomic mass is 10.1. The first-order valence-corrected chi connectivity index (χ1v) is 5.56. The first-order chi connectivity index (χ1) is 7.79. The number of H-pyrrole nitrogens is 1. The molecule has 1 fully saturated rings. The van der Waals surface area contributed by atoms with Crippen LogP contribution in [0.2, 0.25) is 0 Å². The number of aromatic nitrogens is 3. The Morgan fingerprint density at radius 1 is 1.69 bits per heavy atom. The van der Waals surface area contributed by atoms with Crippen LogP contribution in [-0.4, -0.2) is 40.8 Å². The molecule has 1 atom stereocenters. The third kappa shape index (κ3) is 2.57. The molecule has 0 radical (unpaired) electrons. The van der Waals surface area contributed by atoms with Gasteiger partial charge in [0.05, 0.1) is 6.61 Å². The summed E-state index contributed by atoms with van der Waals surface area (Å²) in [5.74, 6) is 1.15. The highest BCUT2D eigenvalue weighted by Gasteiger charge is 2.18. The fraction of sp³-hybridized carbons (Fsp3) is 0.700. The molecule has 1 aliphatic rings. The van der Waals surface area contributed by atoms with Crippen LogP contribution < -0.4 is 5.32 Å². The van der Waals surface area contributed by atoms with Crippen LogP contribution in [0.25, 0.3) is 0 Å². The summed E-state index contributed by atoms with van der Waals surface area (Å²) < 4.78 is 5.23. The average molecular weight is 224 g/mol. The van der Waals surface area contributed by atoms with Gasteiger partial charge in [-0.25, -0.2) is 4.98 Å². The molecule has 2 rings (SSSR count). The highest BCUT2D eigenvalue weighted by molar-refractivity contribution is 5.90. The summed E-state index contributed by atoms with van der Waals surface area (Å²) in [5.41, 5.74) is 0. The summed E-state index contributed by atoms with van der Waals surface area (Å²) in [6, 6.07) is 0. The molecule has 2 N–H and O–H groups in total. The van der Waals surface area contributed by atoms with Gasteiger partial charge >= 0.3 is 0 Å². The van der Waals surface area contributed by atoms with Gasteiger partial charge in [0.15, 0.2) is 0 Å². The van der Waals surface area contributed by atoms with E-state index in [4.69, 9.17) is 4.74 Å². The highest BCUT2D eigenvalue weighted by Crippen LogP contribution is 2.10. The van der Waals surface area contributed by atoms with E-state index in [0.29, 0.717) is 12.5 Å². The maximum Gasteiger partial charge on any atom is 0.290 e. The molecule has 0 aliphatic carbocycles. The Bertz CT molecular complexity index is 357. The second kappa shape index (κ2) is 5.07. The molecule has 1 unspecified atom stereocenters. The van der Waals surface area contributed by atoms with Crippen LogP contribution in [0.4, 0.5) is 0 Å². The molecular formula is C10H16N4O2. The molecule has 1 aliphatic heterocycles. The van der Waals surface area contributed by atoms with Crippen molar-refractivity contribution < 1.29 is 9.53 Å². The van der Waals surface area contributed by atoms with Crippen molar-refractivity contribution in [2.45, 2.75) is 19.8 Å². The van der Waals surface area contributed by atoms with Crippen LogP contribution in [0.5, 0.6) is 0 Å². The number of rotatable bonds is 4. The van der Waals surface area contributed by atoms with Gasteiger partial charge in [-0.05, 0) is 6.42 Å². The second-order valence-electron chi connectivity index (χ2n) is 3.90. The zero-order valence-corrected chi connectivity index (χ0v) is 9.32. The molecule has 0 aromatic carbocycles. The molecule has 16 heavy (non-hydrogen) atoms. The van der Waals surface area contributed by atoms with Crippen molar-refractivity contribution in [3.05, 3.63) is 11.6 Å². The van der Waals surface area contributed by atoms with E-state index >= 15 is 0 Å². The number of hydrogen-bond donors (Lipinski definition) is 2. The molecule has 1 amide bonds. The number of carbonyl (C=O) groups excluding carboxylic acids is 1. The Hall–Kier alpha value is -1.43. The molecular weight excluding hydrogens is 208 g/mol. The number of hydrogen-bond acceptors (Lipinski definition) is 4. The number of aromatic amines is 1. The molecule has 0 bridgehead atoms. The molecule has 2 heterocycles. The Morgan fingerprint density at radius 3 is 3.19 bits per heavy atom. The van der Waals surface area contributed by atoms with E-state index in [9.17, 15) is 4.79 Å². The summed E-state index contributed by atoms with van der Waals surface area (Å²) in [4.78, 5) is 15.7. The third-order valence-electron chi connectivity index (χ3n) is 2.64. The van der Waals surface area contributed by atoms with Crippen LogP contribution in [0.1, 0.15) is 29.8 Å². The lowest BCUT2D eigenvalue weighted by Gasteiger charge is -2.07. The van der Waals surface area contributed by atoms with Gasteiger partial charge in [-0.2, -0.15) is 0 Å². The van der Waals surface area contributed by atoms with Crippen LogP contribution in [0.15, 0.2) is 0 Å². The van der Waals surface area contributed by atoms with Crippen molar-refractivity contribution in [3.63, 3.8) is 0 Å². The minimum atomic E-state index is -0.220. The lowest BCUT2D eigenvalue weighted by Crippen LogP contribution is -2.30. The van der Waals surface area contributed by atoms with E-state index < -0.39 is 0 Å². The Balaban J connectivity index is 1.82. The Labute approximate surface area is 93.8 Å². The van der Waals surface area contributed by atoms with Crippen molar-refractivity contribution in [2.75, 3.05) is 19.8 Å². The average Bonchev–Trinajstić information content (AvgIpc) is 2.96. The summed E-state index contributed by atoms with van der Waals surface area (Å²) in [5, 5.41) is 9.38. The van der Waals surface area contributed by atoms with E-state index in [2.05, 4.69) is 20.5 Å². The van der Waals surface area contributed by atoms with Gasteiger partial charge in [-0.3, -0.25) is 9.89 Å². The van der Waals surface area contributed by atoms with Crippen molar-refractivity contribution >= 4 is 5.91 Å². The fourth-order valence-electron chi connectivity index (χ4n) is 1.62. The van der Waals surface area contributed by atoms with E-state index in [1.165, 1.54) is 0 Å². The lowest BCUT2D eigenvalue weighted by molar-refractivity contribution is 0.0935. The van der Waals surface area contributed by atoms with Gasteiger partial charge in [0.2, 0.25) is 5.82 Å². The normalized spacial score (nSPS) is 19.9. The number of aryl methyl sites for hydroxylation is 1. The monoisotopic (exact) mass is 224 g/mol. The van der Waals surface area contributed by atoms with Crippen LogP contribution >= 0.6 is 0 Å². The van der Waals surface area contributed by atoms with E-state index in [-0.39, 0.29) is 11.7 Å². The number of amides is 1. The van der Waals surface area contributed by atoms with E-state index in [1.54, 1.807) is 0 Å². The quantitative estimate of drug-likeness (QED) is 0.762. The molecule has 1 saturated heterocycles. The predicted octanol–water partition coefficient (Wildman–Crippen LogP) is 0.133. The minimum absolute atomic E-state index is 0.218. The second-order valence-corrected chi connectivity index (χ2v) is 3.90. The Kier molecular flexibility index (Phi) is 3.51. The maximum atomic E-state index is 11.6. The number of carbonyl (C=O) groups is 1. The molecule has 88 valence electrons. The topological polar surface area (TPSA) is 79.9 Å². The van der Waals surface area contributed by atoms with E-state index in [0.717, 1.165) is 31.9 Å². The first-order valence-electron chi connectivity index (χ1n) is 5.56. The van der Waals surface area contributed by atoms with Gasteiger partial charge in [0.25, 0.3) is 5.91 Å². The molecule has 1 aromatic heterocycles. The third-order valence-corrected chi connectivity index (χ3v) is 2.64. The standard InChI is InChI=1S/C10H16N4O2/c1-2-8-12-9(14-13-8)10(15)11-5-7-3-4-16-6-7/h7H,2-6H2,1H3,(H,11,15)(H,12,13,14). The van der Waals surface area contributed by atoms with Gasteiger partial charge < -0.3 is 10.1 Å². The van der Waals surface area contributed by atoms with Crippen LogP contribution in [0.3, 0.4) is 0 Å². The number of ether oxygens (including phenoxy) is 1. The highest BCUT2D eigenvalue weighted by atomic mass is 16.5. The first kappa shape index (κ1) is 11.1. The number of nitrogens with one attached hydrogen (secondary N) is 2. The van der Waals surface area contributed by atoms with Crippen molar-refractivity contribution in [3.8, 4) is 0 Å². The maximum absolute atomic E-state index is 11.6. The summed E-state index contributed by atoms with van der Waals surface area (Å²) in [6.07, 6.45) is 1.76. The predicted molar refractivity (Wildman–Crippen MR) is 57.0 cm³/mol. The molecule has 0 saturated carbocycles. The van der Waals surface area contributed by atoms with Gasteiger partial charge in [0.1, 0.15) is 5.82 Å². The van der Waals surface area contributed by atoms with E-state index in [1.807, 2.05) is 6.92 Å². The van der Waals surface area contributed by atoms with Crippen molar-refractivity contribution in [2.24, 2.45) is 5.92 Å². The van der Waals surface area contributed by atoms with Gasteiger partial charge in [-0.1, -0.05) is 6.92 Å². The van der Waals surface area contributed by atoms with Gasteiger partial charge in [0, 0.05) is 25.5 Å². The summed E-state index contributed by atoms with van der Waals surface area (Å²) in [7, 11) is 0. The Morgan fingerprint density at radius 2 is 2.56 bits per heavy atom. The smallest absolute Gasteiger partial charge is 0.290 e. The van der Waals surface area contributed by atoms with Crippen LogP contribution in [-0.2, 0) is 11.2 Å². The zero-order valence-electron chi connectivity index (χ0n) is 9.32. The zero-order chi connectivity index (χ0) is 11.4. The summed E-state index contributed by atoms with van der Waals surface area (Å²) >= 11 is 0. The summed E-state index contributed by atoms with van der Waals surface area (Å²) in [6.45, 7) is 4.11. The fourth-order valence-corrected chi connectivity index (χ4v) is 1.62. The molecule has 0 spiro atoms.